The smallest absolute Gasteiger partial charge is 0.0739 e. The fraction of sp³-hybridized carbons (Fsp3) is 0.889. The lowest BCUT2D eigenvalue weighted by molar-refractivity contribution is -0.368. The number of unbranched alkanes of at least 4 members (excludes halogenated alkanes) is 39. The van der Waals surface area contributed by atoms with E-state index >= 15 is 0 Å². The van der Waals surface area contributed by atoms with Crippen molar-refractivity contribution in [3.8, 4) is 0 Å². The van der Waals surface area contributed by atoms with Crippen LogP contribution in [0.15, 0.2) is 24.3 Å². The number of aryl methyl sites for hydroxylation is 1. The van der Waals surface area contributed by atoms with Crippen LogP contribution in [0.25, 0.3) is 0 Å². The van der Waals surface area contributed by atoms with E-state index in [-0.39, 0.29) is 0 Å². The first-order valence-corrected chi connectivity index (χ1v) is 27.1. The van der Waals surface area contributed by atoms with Crippen LogP contribution in [-0.4, -0.2) is 20.2 Å². The molecule has 0 spiro atoms. The van der Waals surface area contributed by atoms with Crippen LogP contribution in [0, 0.1) is 0 Å². The quantitative estimate of drug-likeness (QED) is 0.0505. The van der Waals surface area contributed by atoms with Gasteiger partial charge in [-0.25, -0.2) is 0 Å². The van der Waals surface area contributed by atoms with Gasteiger partial charge in [-0.1, -0.05) is 290 Å². The lowest BCUT2D eigenvalue weighted by Crippen LogP contribution is -2.55. The van der Waals surface area contributed by atoms with Crippen molar-refractivity contribution >= 4 is 12.6 Å². The van der Waals surface area contributed by atoms with E-state index in [1.807, 2.05) is 12.1 Å². The highest BCUT2D eigenvalue weighted by Crippen LogP contribution is 2.16. The maximum atomic E-state index is 10.8. The Bertz CT molecular complexity index is 793. The molecule has 5 heteroatoms. The molecule has 350 valence electrons. The Labute approximate surface area is 372 Å². The number of quaternary nitrogens is 2. The van der Waals surface area contributed by atoms with E-state index in [0.29, 0.717) is 5.46 Å². The van der Waals surface area contributed by atoms with E-state index in [1.54, 1.807) is 12.1 Å². The molecule has 0 saturated heterocycles. The molecular formula is C54H109BN2O2. The van der Waals surface area contributed by atoms with Gasteiger partial charge in [0, 0.05) is 0 Å². The van der Waals surface area contributed by atoms with E-state index in [4.69, 9.17) is 0 Å². The molecule has 4 nitrogen and oxygen atoms in total. The molecule has 0 aliphatic heterocycles. The van der Waals surface area contributed by atoms with E-state index in [0.717, 1.165) is 19.5 Å². The highest BCUT2D eigenvalue weighted by molar-refractivity contribution is 6.55. The average Bonchev–Trinajstić information content (AvgIpc) is 3.25. The van der Waals surface area contributed by atoms with E-state index in [2.05, 4.69) is 32.2 Å². The van der Waals surface area contributed by atoms with Crippen LogP contribution < -0.4 is 27.0 Å². The zero-order chi connectivity index (χ0) is 43.4. The van der Waals surface area contributed by atoms with Gasteiger partial charge in [0.05, 0.1) is 13.1 Å². The largest absolute Gasteiger partial charge is 0.889 e. The summed E-state index contributed by atoms with van der Waals surface area (Å²) in [5, 5.41) is 21.6. The van der Waals surface area contributed by atoms with Gasteiger partial charge in [-0.3, -0.25) is 0 Å². The fourth-order valence-corrected chi connectivity index (χ4v) is 8.11. The van der Waals surface area contributed by atoms with E-state index in [9.17, 15) is 10.0 Å². The van der Waals surface area contributed by atoms with Gasteiger partial charge in [0.15, 0.2) is 0 Å². The van der Waals surface area contributed by atoms with Crippen molar-refractivity contribution in [3.05, 3.63) is 29.8 Å². The molecule has 6 N–H and O–H groups in total. The van der Waals surface area contributed by atoms with Gasteiger partial charge >= 0.3 is 0 Å². The summed E-state index contributed by atoms with van der Waals surface area (Å²) in [5.41, 5.74) is 9.35. The Hall–Kier alpha value is -0.875. The molecule has 0 amide bonds. The summed E-state index contributed by atoms with van der Waals surface area (Å²) in [7, 11) is -1.85. The van der Waals surface area contributed by atoms with Crippen molar-refractivity contribution in [2.45, 2.75) is 297 Å². The molecule has 0 unspecified atom stereocenters. The Morgan fingerprint density at radius 3 is 0.712 bits per heavy atom. The number of hydrogen-bond acceptors (Lipinski definition) is 2. The molecule has 0 atom stereocenters. The van der Waals surface area contributed by atoms with Crippen molar-refractivity contribution in [2.24, 2.45) is 0 Å². The normalized spacial score (nSPS) is 11.0. The monoisotopic (exact) mass is 829 g/mol. The van der Waals surface area contributed by atoms with Crippen LogP contribution in [0.2, 0.25) is 0 Å². The molecule has 59 heavy (non-hydrogen) atoms. The second-order valence-corrected chi connectivity index (χ2v) is 18.3. The topological polar surface area (TPSA) is 101 Å². The summed E-state index contributed by atoms with van der Waals surface area (Å²) >= 11 is 0. The minimum atomic E-state index is -1.85. The van der Waals surface area contributed by atoms with Crippen LogP contribution >= 0.6 is 0 Å². The summed E-state index contributed by atoms with van der Waals surface area (Å²) < 4.78 is 0. The van der Waals surface area contributed by atoms with Crippen LogP contribution in [-0.2, 0) is 6.42 Å². The lowest BCUT2D eigenvalue weighted by Gasteiger charge is -2.26. The Kier molecular flexibility index (Phi) is 56.3. The van der Waals surface area contributed by atoms with Gasteiger partial charge in [-0.05, 0) is 44.1 Å². The molecule has 0 heterocycles. The predicted octanol–water partition coefficient (Wildman–Crippen LogP) is 13.5. The van der Waals surface area contributed by atoms with Gasteiger partial charge in [0.25, 0.3) is 0 Å². The fourth-order valence-electron chi connectivity index (χ4n) is 8.11. The summed E-state index contributed by atoms with van der Waals surface area (Å²) in [4.78, 5) is 0. The van der Waals surface area contributed by atoms with Crippen molar-refractivity contribution in [2.75, 3.05) is 13.1 Å². The predicted molar refractivity (Wildman–Crippen MR) is 262 cm³/mol. The molecule has 0 aliphatic carbocycles. The molecule has 1 aromatic carbocycles. The second kappa shape index (κ2) is 55.1. The van der Waals surface area contributed by atoms with Crippen molar-refractivity contribution in [1.29, 1.82) is 0 Å². The Morgan fingerprint density at radius 1 is 0.305 bits per heavy atom. The molecule has 0 bridgehead atoms. The first-order chi connectivity index (χ1) is 29.1. The number of hydrogen-bond donors (Lipinski definition) is 2. The first kappa shape index (κ1) is 60.2. The molecule has 1 rings (SSSR count). The standard InChI is InChI=1S/C22H37BO2.2C16H35N/c1-2-3-4-5-6-7-8-9-10-11-12-13-14-15-16-21-17-19-22(20-18-21)23(24)25;2*1-2-3-4-5-6-7-8-9-10-11-12-13-14-15-16-17/h17-20H,2-16H2,1H3;2*2-17H2,1H3/q-2;;/p+2. The first-order valence-electron chi connectivity index (χ1n) is 27.1. The summed E-state index contributed by atoms with van der Waals surface area (Å²) in [5.74, 6) is 0. The number of benzene rings is 1. The zero-order valence-corrected chi connectivity index (χ0v) is 40.9. The Morgan fingerprint density at radius 2 is 0.508 bits per heavy atom. The van der Waals surface area contributed by atoms with Crippen molar-refractivity contribution in [1.82, 2.24) is 0 Å². The highest BCUT2D eigenvalue weighted by Gasteiger charge is 1.98. The maximum absolute atomic E-state index is 10.8. The van der Waals surface area contributed by atoms with Gasteiger partial charge < -0.3 is 21.5 Å². The molecule has 0 radical (unpaired) electrons. The van der Waals surface area contributed by atoms with Gasteiger partial charge in [0.1, 0.15) is 0 Å². The minimum Gasteiger partial charge on any atom is -0.889 e. The van der Waals surface area contributed by atoms with Gasteiger partial charge in [0.2, 0.25) is 0 Å². The van der Waals surface area contributed by atoms with Gasteiger partial charge in [-0.15, -0.1) is 5.46 Å². The highest BCUT2D eigenvalue weighted by atomic mass is 16.4. The van der Waals surface area contributed by atoms with E-state index < -0.39 is 7.12 Å². The minimum absolute atomic E-state index is 0.352. The maximum Gasteiger partial charge on any atom is 0.0739 e. The lowest BCUT2D eigenvalue weighted by atomic mass is 9.80. The summed E-state index contributed by atoms with van der Waals surface area (Å²) in [6, 6.07) is 7.23. The molecular weight excluding hydrogens is 719 g/mol. The van der Waals surface area contributed by atoms with Crippen LogP contribution in [0.5, 0.6) is 0 Å². The second-order valence-electron chi connectivity index (χ2n) is 18.3. The van der Waals surface area contributed by atoms with Crippen LogP contribution in [0.4, 0.5) is 0 Å². The SMILES string of the molecule is CCCCCCCCCCCCCCCC[NH3+].CCCCCCCCCCCCCCCC[NH3+].CCCCCCCCCCCCCCCCc1ccc(B([O-])[O-])cc1. The molecule has 1 aromatic rings. The molecule has 0 aliphatic rings. The van der Waals surface area contributed by atoms with Crippen LogP contribution in [0.3, 0.4) is 0 Å². The molecule has 0 saturated carbocycles. The average molecular weight is 829 g/mol. The zero-order valence-electron chi connectivity index (χ0n) is 40.9. The van der Waals surface area contributed by atoms with Gasteiger partial charge in [-0.2, -0.15) is 0 Å². The third kappa shape index (κ3) is 53.2. The molecule has 0 aromatic heterocycles. The molecule has 0 fully saturated rings. The summed E-state index contributed by atoms with van der Waals surface area (Å²) in [6.07, 6.45) is 60.8. The van der Waals surface area contributed by atoms with Crippen LogP contribution in [0.1, 0.15) is 296 Å². The summed E-state index contributed by atoms with van der Waals surface area (Å²) in [6.45, 7) is 9.10. The van der Waals surface area contributed by atoms with Crippen molar-refractivity contribution < 1.29 is 21.5 Å². The third-order valence-corrected chi connectivity index (χ3v) is 12.3. The van der Waals surface area contributed by atoms with Crippen molar-refractivity contribution in [3.63, 3.8) is 0 Å². The Balaban J connectivity index is 0. The third-order valence-electron chi connectivity index (χ3n) is 12.3. The number of rotatable bonds is 44. The van der Waals surface area contributed by atoms with E-state index in [1.165, 1.54) is 275 Å².